The lowest BCUT2D eigenvalue weighted by atomic mass is 9.81. The topological polar surface area (TPSA) is 122 Å². The lowest BCUT2D eigenvalue weighted by Gasteiger charge is -2.19. The molecule has 9 nitrogen and oxygen atoms in total. The fourth-order valence-corrected chi connectivity index (χ4v) is 3.74. The Balaban J connectivity index is 1.45. The van der Waals surface area contributed by atoms with Crippen LogP contribution in [0, 0.1) is 11.8 Å². The molecule has 2 atom stereocenters. The molecule has 1 saturated heterocycles. The molecule has 1 aliphatic carbocycles. The second-order valence-corrected chi connectivity index (χ2v) is 7.23. The van der Waals surface area contributed by atoms with Gasteiger partial charge in [-0.3, -0.25) is 28.9 Å². The van der Waals surface area contributed by atoms with E-state index < -0.39 is 25.0 Å². The highest BCUT2D eigenvalue weighted by molar-refractivity contribution is 6.07. The molecule has 2 aliphatic rings. The number of carbonyl (C=O) groups is 5. The van der Waals surface area contributed by atoms with Crippen molar-refractivity contribution < 1.29 is 28.7 Å². The number of amides is 4. The smallest absolute Gasteiger partial charge is 0.326 e. The van der Waals surface area contributed by atoms with Gasteiger partial charge in [-0.1, -0.05) is 12.8 Å². The molecule has 2 fully saturated rings. The van der Waals surface area contributed by atoms with Crippen molar-refractivity contribution in [2.45, 2.75) is 32.6 Å². The van der Waals surface area contributed by atoms with Crippen molar-refractivity contribution in [2.75, 3.05) is 23.8 Å². The largest absolute Gasteiger partial charge is 0.454 e. The number of anilines is 2. The molecule has 1 heterocycles. The summed E-state index contributed by atoms with van der Waals surface area (Å²) < 4.78 is 4.91. The molecular weight excluding hydrogens is 378 g/mol. The van der Waals surface area contributed by atoms with E-state index in [1.807, 2.05) is 0 Å². The fourth-order valence-electron chi connectivity index (χ4n) is 3.74. The predicted octanol–water partition coefficient (Wildman–Crippen LogP) is 1.30. The molecule has 3 rings (SSSR count). The van der Waals surface area contributed by atoms with Gasteiger partial charge in [-0.25, -0.2) is 0 Å². The average molecular weight is 401 g/mol. The Labute approximate surface area is 167 Å². The summed E-state index contributed by atoms with van der Waals surface area (Å²) in [6.07, 6.45) is 3.16. The zero-order chi connectivity index (χ0) is 21.0. The zero-order valence-electron chi connectivity index (χ0n) is 16.1. The Morgan fingerprint density at radius 3 is 2.00 bits per heavy atom. The molecule has 0 radical (unpaired) electrons. The number of esters is 1. The van der Waals surface area contributed by atoms with Crippen LogP contribution >= 0.6 is 0 Å². The van der Waals surface area contributed by atoms with E-state index in [4.69, 9.17) is 4.74 Å². The Morgan fingerprint density at radius 2 is 1.48 bits per heavy atom. The number of rotatable bonds is 6. The van der Waals surface area contributed by atoms with E-state index in [1.54, 1.807) is 24.3 Å². The van der Waals surface area contributed by atoms with E-state index in [-0.39, 0.29) is 29.6 Å². The number of benzene rings is 1. The van der Waals surface area contributed by atoms with E-state index in [0.29, 0.717) is 24.2 Å². The molecule has 1 aromatic carbocycles. The highest BCUT2D eigenvalue weighted by Gasteiger charge is 2.48. The van der Waals surface area contributed by atoms with Gasteiger partial charge in [0.25, 0.3) is 5.91 Å². The van der Waals surface area contributed by atoms with Gasteiger partial charge in [-0.2, -0.15) is 0 Å². The summed E-state index contributed by atoms with van der Waals surface area (Å²) in [4.78, 5) is 60.6. The summed E-state index contributed by atoms with van der Waals surface area (Å²) in [6.45, 7) is 0.389. The number of nitrogens with zero attached hydrogens (tertiary/aromatic N) is 1. The number of nitrogens with one attached hydrogen (secondary N) is 2. The van der Waals surface area contributed by atoms with Crippen molar-refractivity contribution >= 4 is 41.0 Å². The number of ether oxygens (including phenoxy) is 1. The minimum atomic E-state index is -0.804. The van der Waals surface area contributed by atoms with Crippen LogP contribution in [-0.2, 0) is 28.7 Å². The van der Waals surface area contributed by atoms with Crippen LogP contribution in [-0.4, -0.2) is 47.6 Å². The molecule has 4 amide bonds. The van der Waals surface area contributed by atoms with Crippen LogP contribution in [0.4, 0.5) is 11.4 Å². The van der Waals surface area contributed by atoms with Crippen molar-refractivity contribution in [1.82, 2.24) is 4.90 Å². The van der Waals surface area contributed by atoms with Crippen LogP contribution < -0.4 is 10.6 Å². The first-order valence-electron chi connectivity index (χ1n) is 9.53. The van der Waals surface area contributed by atoms with Crippen molar-refractivity contribution in [3.05, 3.63) is 24.3 Å². The van der Waals surface area contributed by atoms with Crippen LogP contribution in [0.3, 0.4) is 0 Å². The van der Waals surface area contributed by atoms with E-state index in [2.05, 4.69) is 10.6 Å². The number of imide groups is 1. The first-order valence-corrected chi connectivity index (χ1v) is 9.53. The maximum absolute atomic E-state index is 12.4. The van der Waals surface area contributed by atoms with Crippen molar-refractivity contribution in [3.8, 4) is 0 Å². The van der Waals surface area contributed by atoms with Gasteiger partial charge in [-0.05, 0) is 37.1 Å². The van der Waals surface area contributed by atoms with Crippen molar-refractivity contribution in [2.24, 2.45) is 11.8 Å². The first kappa shape index (κ1) is 20.5. The maximum Gasteiger partial charge on any atom is 0.326 e. The van der Waals surface area contributed by atoms with Gasteiger partial charge >= 0.3 is 5.97 Å². The van der Waals surface area contributed by atoms with E-state index in [9.17, 15) is 24.0 Å². The number of hydrogen-bond donors (Lipinski definition) is 2. The zero-order valence-corrected chi connectivity index (χ0v) is 16.1. The molecular formula is C20H23N3O6. The van der Waals surface area contributed by atoms with Crippen LogP contribution in [0.1, 0.15) is 32.6 Å². The monoisotopic (exact) mass is 401 g/mol. The van der Waals surface area contributed by atoms with E-state index in [0.717, 1.165) is 17.7 Å². The number of fused-ring (bicyclic) bond motifs is 1. The minimum absolute atomic E-state index is 0.206. The summed E-state index contributed by atoms with van der Waals surface area (Å²) in [6, 6.07) is 6.42. The minimum Gasteiger partial charge on any atom is -0.454 e. The molecule has 0 bridgehead atoms. The molecule has 2 unspecified atom stereocenters. The third kappa shape index (κ3) is 4.98. The van der Waals surface area contributed by atoms with Gasteiger partial charge in [0, 0.05) is 18.3 Å². The van der Waals surface area contributed by atoms with E-state index in [1.165, 1.54) is 6.92 Å². The standard InChI is InChI=1S/C20H23N3O6/c1-12(24)21-13-6-8-14(9-7-13)22-17(25)11-29-18(26)10-23-19(27)15-4-2-3-5-16(15)20(23)28/h6-9,15-16H,2-5,10-11H2,1H3,(H,21,24)(H,22,25). The highest BCUT2D eigenvalue weighted by atomic mass is 16.5. The summed E-state index contributed by atoms with van der Waals surface area (Å²) in [5, 5.41) is 5.16. The summed E-state index contributed by atoms with van der Waals surface area (Å²) in [5.74, 6) is -2.86. The molecule has 0 aromatic heterocycles. The molecule has 1 aromatic rings. The highest BCUT2D eigenvalue weighted by Crippen LogP contribution is 2.37. The van der Waals surface area contributed by atoms with Gasteiger partial charge in [0.1, 0.15) is 6.54 Å². The molecule has 1 aliphatic heterocycles. The molecule has 1 saturated carbocycles. The van der Waals surface area contributed by atoms with Crippen LogP contribution in [0.5, 0.6) is 0 Å². The Bertz CT molecular complexity index is 811. The molecule has 0 spiro atoms. The lowest BCUT2D eigenvalue weighted by molar-refractivity contribution is -0.154. The molecule has 29 heavy (non-hydrogen) atoms. The van der Waals surface area contributed by atoms with Crippen LogP contribution in [0.2, 0.25) is 0 Å². The Morgan fingerprint density at radius 1 is 0.966 bits per heavy atom. The number of likely N-dealkylation sites (tertiary alicyclic amines) is 1. The van der Waals surface area contributed by atoms with E-state index >= 15 is 0 Å². The normalized spacial score (nSPS) is 20.8. The van der Waals surface area contributed by atoms with Crippen molar-refractivity contribution in [3.63, 3.8) is 0 Å². The second-order valence-electron chi connectivity index (χ2n) is 7.23. The Hall–Kier alpha value is -3.23. The Kier molecular flexibility index (Phi) is 6.26. The SMILES string of the molecule is CC(=O)Nc1ccc(NC(=O)COC(=O)CN2C(=O)C3CCCCC3C2=O)cc1. The quantitative estimate of drug-likeness (QED) is 0.547. The maximum atomic E-state index is 12.4. The number of carbonyl (C=O) groups excluding carboxylic acids is 5. The summed E-state index contributed by atoms with van der Waals surface area (Å²) >= 11 is 0. The van der Waals surface area contributed by atoms with Gasteiger partial charge in [0.2, 0.25) is 17.7 Å². The van der Waals surface area contributed by atoms with Gasteiger partial charge < -0.3 is 15.4 Å². The molecule has 9 heteroatoms. The van der Waals surface area contributed by atoms with Crippen LogP contribution in [0.25, 0.3) is 0 Å². The molecule has 2 N–H and O–H groups in total. The van der Waals surface area contributed by atoms with Gasteiger partial charge in [0.15, 0.2) is 6.61 Å². The predicted molar refractivity (Wildman–Crippen MR) is 103 cm³/mol. The van der Waals surface area contributed by atoms with Crippen LogP contribution in [0.15, 0.2) is 24.3 Å². The molecule has 154 valence electrons. The third-order valence-electron chi connectivity index (χ3n) is 5.07. The fraction of sp³-hybridized carbons (Fsp3) is 0.450. The summed E-state index contributed by atoms with van der Waals surface area (Å²) in [5.41, 5.74) is 1.05. The third-order valence-corrected chi connectivity index (χ3v) is 5.07. The van der Waals surface area contributed by atoms with Gasteiger partial charge in [0.05, 0.1) is 11.8 Å². The first-order chi connectivity index (χ1) is 13.8. The summed E-state index contributed by atoms with van der Waals surface area (Å²) in [7, 11) is 0. The number of hydrogen-bond acceptors (Lipinski definition) is 6. The second kappa shape index (κ2) is 8.85. The average Bonchev–Trinajstić information content (AvgIpc) is 2.93. The van der Waals surface area contributed by atoms with Gasteiger partial charge in [-0.15, -0.1) is 0 Å². The lowest BCUT2D eigenvalue weighted by Crippen LogP contribution is -2.37. The van der Waals surface area contributed by atoms with Crippen molar-refractivity contribution in [1.29, 1.82) is 0 Å².